The number of hydrogen-bond acceptors (Lipinski definition) is 2. The summed E-state index contributed by atoms with van der Waals surface area (Å²) in [7, 11) is 0. The van der Waals surface area contributed by atoms with Gasteiger partial charge in [-0.3, -0.25) is 0 Å². The maximum Gasteiger partial charge on any atom is 0.192 e. The summed E-state index contributed by atoms with van der Waals surface area (Å²) in [6, 6.07) is 33.0. The molecule has 0 saturated carbocycles. The Bertz CT molecular complexity index is 1880. The summed E-state index contributed by atoms with van der Waals surface area (Å²) in [4.78, 5) is 2.43. The van der Waals surface area contributed by atoms with Gasteiger partial charge in [-0.15, -0.1) is 0 Å². The minimum Gasteiger partial charge on any atom is -0.427 e. The molecule has 0 unspecified atom stereocenters. The second-order valence-electron chi connectivity index (χ2n) is 9.60. The van der Waals surface area contributed by atoms with Crippen LogP contribution in [0, 0.1) is 0 Å². The van der Waals surface area contributed by atoms with E-state index in [-0.39, 0.29) is 6.17 Å². The monoisotopic (exact) mass is 608 g/mol. The molecule has 1 atom stereocenters. The molecule has 0 fully saturated rings. The first kappa shape index (κ1) is 24.6. The molecule has 5 aromatic rings. The number of fused-ring (bicyclic) bond motifs is 7. The van der Waals surface area contributed by atoms with E-state index in [1.807, 2.05) is 23.0 Å². The van der Waals surface area contributed by atoms with Crippen molar-refractivity contribution in [2.75, 3.05) is 4.90 Å². The zero-order valence-corrected chi connectivity index (χ0v) is 23.9. The van der Waals surface area contributed by atoms with Gasteiger partial charge in [-0.05, 0) is 60.5 Å². The molecule has 0 bridgehead atoms. The first-order valence-electron chi connectivity index (χ1n) is 12.9. The van der Waals surface area contributed by atoms with Crippen molar-refractivity contribution in [1.29, 1.82) is 0 Å². The van der Waals surface area contributed by atoms with E-state index in [0.717, 1.165) is 17.0 Å². The molecule has 6 rings (SSSR count). The van der Waals surface area contributed by atoms with Crippen LogP contribution in [-0.2, 0) is 3.07 Å². The van der Waals surface area contributed by atoms with Crippen LogP contribution in [0.25, 0.3) is 43.4 Å². The molecule has 1 aliphatic rings. The van der Waals surface area contributed by atoms with E-state index in [0.29, 0.717) is 0 Å². The van der Waals surface area contributed by atoms with E-state index in [9.17, 15) is 0 Å². The predicted octanol–water partition coefficient (Wildman–Crippen LogP) is 10.3. The first-order chi connectivity index (χ1) is 18.6. The molecule has 0 aliphatic carbocycles. The minimum atomic E-state index is 0.0196. The summed E-state index contributed by atoms with van der Waals surface area (Å²) >= 11 is 1.94. The maximum atomic E-state index is 5.66. The third-order valence-corrected chi connectivity index (χ3v) is 8.18. The number of hydrogen-bond donors (Lipinski definition) is 0. The van der Waals surface area contributed by atoms with Crippen molar-refractivity contribution in [2.24, 2.45) is 0 Å². The summed E-state index contributed by atoms with van der Waals surface area (Å²) in [6.07, 6.45) is 3.97. The van der Waals surface area contributed by atoms with Crippen LogP contribution in [0.4, 0.5) is 5.69 Å². The molecule has 3 nitrogen and oxygen atoms in total. The summed E-state index contributed by atoms with van der Waals surface area (Å²) in [6.45, 7) is 10.5. The van der Waals surface area contributed by atoms with Crippen LogP contribution >= 0.6 is 23.0 Å². The zero-order valence-electron chi connectivity index (χ0n) is 21.8. The quantitative estimate of drug-likeness (QED) is 0.115. The zero-order chi connectivity index (χ0) is 26.4. The average molecular weight is 609 g/mol. The van der Waals surface area contributed by atoms with Crippen molar-refractivity contribution in [3.63, 3.8) is 0 Å². The van der Waals surface area contributed by atoms with Crippen molar-refractivity contribution >= 4 is 72.0 Å². The minimum absolute atomic E-state index is 0.0196. The maximum absolute atomic E-state index is 5.66. The molecule has 0 spiro atoms. The van der Waals surface area contributed by atoms with Crippen LogP contribution in [0.1, 0.15) is 26.9 Å². The van der Waals surface area contributed by atoms with Gasteiger partial charge in [-0.2, -0.15) is 0 Å². The molecular formula is C34H29IN2O. The van der Waals surface area contributed by atoms with Crippen molar-refractivity contribution in [3.8, 4) is 0 Å². The Hall–Kier alpha value is -3.77. The Morgan fingerprint density at radius 3 is 1.89 bits per heavy atom. The van der Waals surface area contributed by atoms with Gasteiger partial charge in [-0.1, -0.05) is 91.5 Å². The number of allylic oxidation sites excluding steroid dienone is 3. The van der Waals surface area contributed by atoms with Gasteiger partial charge in [0.25, 0.3) is 0 Å². The Kier molecular flexibility index (Phi) is 6.36. The van der Waals surface area contributed by atoms with Gasteiger partial charge in [0.05, 0.1) is 16.7 Å². The van der Waals surface area contributed by atoms with Gasteiger partial charge in [0.15, 0.2) is 23.0 Å². The number of nitrogens with zero attached hydrogens (tertiary/aromatic N) is 2. The van der Waals surface area contributed by atoms with E-state index in [1.54, 1.807) is 6.08 Å². The smallest absolute Gasteiger partial charge is 0.192 e. The van der Waals surface area contributed by atoms with Crippen LogP contribution in [0.3, 0.4) is 0 Å². The van der Waals surface area contributed by atoms with E-state index < -0.39 is 0 Å². The molecule has 0 amide bonds. The van der Waals surface area contributed by atoms with Crippen molar-refractivity contribution < 1.29 is 3.07 Å². The van der Waals surface area contributed by atoms with Crippen molar-refractivity contribution in [3.05, 3.63) is 127 Å². The lowest BCUT2D eigenvalue weighted by Gasteiger charge is -2.30. The molecule has 2 heterocycles. The van der Waals surface area contributed by atoms with Gasteiger partial charge < -0.3 is 12.5 Å². The van der Waals surface area contributed by atoms with Crippen LogP contribution in [-0.4, -0.2) is 4.57 Å². The molecule has 1 aliphatic heterocycles. The lowest BCUT2D eigenvalue weighted by molar-refractivity contribution is 0.568. The molecule has 1 aromatic heterocycles. The molecule has 0 radical (unpaired) electrons. The topological polar surface area (TPSA) is 17.4 Å². The number of halogens is 1. The summed E-state index contributed by atoms with van der Waals surface area (Å²) in [5.74, 6) is 0.767. The van der Waals surface area contributed by atoms with Gasteiger partial charge in [0, 0.05) is 22.0 Å². The van der Waals surface area contributed by atoms with E-state index in [2.05, 4.69) is 134 Å². The molecule has 188 valence electrons. The molecule has 4 heteroatoms. The Balaban J connectivity index is 1.89. The van der Waals surface area contributed by atoms with Gasteiger partial charge >= 0.3 is 0 Å². The van der Waals surface area contributed by atoms with E-state index in [1.165, 1.54) is 49.0 Å². The van der Waals surface area contributed by atoms with Crippen molar-refractivity contribution in [2.45, 2.75) is 26.9 Å². The Labute approximate surface area is 237 Å². The highest BCUT2D eigenvalue weighted by molar-refractivity contribution is 14.1. The average Bonchev–Trinajstić information content (AvgIpc) is 3.27. The molecule has 0 N–H and O–H groups in total. The molecule has 38 heavy (non-hydrogen) atoms. The standard InChI is InChI=1S/C34H29IN2O/c1-5-30(22(3)33(6-2)38-35)36-23(4)37-31-20-12-11-18-28(31)26-16-9-7-14-24(26)25-15-8-10-17-27(25)29-19-13-21-32(36)34(29)37/h5-21,23H,2H2,1,3-4H3/b30-5+,33-22+/t23-/m1/s1. The van der Waals surface area contributed by atoms with Crippen LogP contribution in [0.5, 0.6) is 0 Å². The second-order valence-corrected chi connectivity index (χ2v) is 10.0. The fourth-order valence-corrected chi connectivity index (χ4v) is 6.58. The third kappa shape index (κ3) is 3.62. The lowest BCUT2D eigenvalue weighted by atomic mass is 10.0. The summed E-state index contributed by atoms with van der Waals surface area (Å²) in [5.41, 5.74) is 5.74. The number of benzene rings is 4. The second kappa shape index (κ2) is 9.84. The predicted molar refractivity (Wildman–Crippen MR) is 171 cm³/mol. The van der Waals surface area contributed by atoms with Crippen LogP contribution in [0.15, 0.2) is 127 Å². The van der Waals surface area contributed by atoms with Crippen molar-refractivity contribution in [1.82, 2.24) is 4.57 Å². The highest BCUT2D eigenvalue weighted by Crippen LogP contribution is 2.46. The Morgan fingerprint density at radius 2 is 1.32 bits per heavy atom. The van der Waals surface area contributed by atoms with E-state index in [4.69, 9.17) is 3.07 Å². The number of para-hydroxylation sites is 2. The largest absolute Gasteiger partial charge is 0.427 e. The highest BCUT2D eigenvalue weighted by Gasteiger charge is 2.31. The fraction of sp³-hybridized carbons (Fsp3) is 0.118. The summed E-state index contributed by atoms with van der Waals surface area (Å²) < 4.78 is 8.17. The number of anilines is 1. The van der Waals surface area contributed by atoms with Gasteiger partial charge in [-0.25, -0.2) is 0 Å². The lowest BCUT2D eigenvalue weighted by Crippen LogP contribution is -2.26. The number of aromatic nitrogens is 1. The van der Waals surface area contributed by atoms with Gasteiger partial charge in [0.2, 0.25) is 0 Å². The SMILES string of the molecule is C=C/C(OI)=C(C)\C(=C/C)N1c2cccc3c4ccccc4c4ccccc4c4ccccc4n(c23)[C@@H]1C. The third-order valence-electron chi connectivity index (χ3n) is 7.71. The molecule has 4 aromatic carbocycles. The highest BCUT2D eigenvalue weighted by atomic mass is 127. The van der Waals surface area contributed by atoms with Crippen LogP contribution < -0.4 is 4.90 Å². The molecule has 0 saturated heterocycles. The normalized spacial score (nSPS) is 15.7. The fourth-order valence-electron chi connectivity index (χ4n) is 6.07. The molecular weight excluding hydrogens is 579 g/mol. The van der Waals surface area contributed by atoms with E-state index >= 15 is 0 Å². The number of rotatable bonds is 4. The van der Waals surface area contributed by atoms with Crippen LogP contribution in [0.2, 0.25) is 0 Å². The summed E-state index contributed by atoms with van der Waals surface area (Å²) in [5, 5.41) is 7.43. The Morgan fingerprint density at radius 1 is 0.789 bits per heavy atom. The first-order valence-corrected chi connectivity index (χ1v) is 13.8. The van der Waals surface area contributed by atoms with Gasteiger partial charge in [0.1, 0.15) is 11.9 Å².